The van der Waals surface area contributed by atoms with Crippen LogP contribution in [0.25, 0.3) is 6.08 Å². The summed E-state index contributed by atoms with van der Waals surface area (Å²) >= 11 is 0. The fourth-order valence-corrected chi connectivity index (χ4v) is 2.99. The third-order valence-electron chi connectivity index (χ3n) is 4.45. The second kappa shape index (κ2) is 10.3. The Bertz CT molecular complexity index is 1050. The number of nitrogens with one attached hydrogen (secondary N) is 1. The lowest BCUT2D eigenvalue weighted by atomic mass is 10.2. The molecule has 0 fully saturated rings. The number of hydrogen-bond donors (Lipinski definition) is 2. The number of rotatable bonds is 9. The van der Waals surface area contributed by atoms with Crippen molar-refractivity contribution in [3.05, 3.63) is 50.7 Å². The Hall–Kier alpha value is -3.49. The normalized spacial score (nSPS) is 10.9. The van der Waals surface area contributed by atoms with E-state index in [0.29, 0.717) is 36.4 Å². The SMILES string of the molecule is CCCn1c(N)c(NC(=O)/C=C/c2ccc(OC)c(OC)c2)c(=O)n(CCC)c1=O. The van der Waals surface area contributed by atoms with Crippen LogP contribution in [0.3, 0.4) is 0 Å². The van der Waals surface area contributed by atoms with Gasteiger partial charge >= 0.3 is 5.69 Å². The van der Waals surface area contributed by atoms with Crippen LogP contribution < -0.4 is 31.8 Å². The van der Waals surface area contributed by atoms with Gasteiger partial charge in [0.1, 0.15) is 11.5 Å². The Balaban J connectivity index is 2.35. The first-order chi connectivity index (χ1) is 14.4. The van der Waals surface area contributed by atoms with Crippen molar-refractivity contribution in [1.29, 1.82) is 0 Å². The molecular formula is C21H28N4O5. The zero-order chi connectivity index (χ0) is 22.3. The fraction of sp³-hybridized carbons (Fsp3) is 0.381. The molecule has 30 heavy (non-hydrogen) atoms. The zero-order valence-electron chi connectivity index (χ0n) is 17.7. The summed E-state index contributed by atoms with van der Waals surface area (Å²) < 4.78 is 12.8. The quantitative estimate of drug-likeness (QED) is 0.605. The van der Waals surface area contributed by atoms with Crippen LogP contribution in [0.1, 0.15) is 32.3 Å². The molecule has 0 saturated heterocycles. The molecule has 0 atom stereocenters. The number of anilines is 2. The van der Waals surface area contributed by atoms with Gasteiger partial charge in [-0.25, -0.2) is 4.79 Å². The van der Waals surface area contributed by atoms with Gasteiger partial charge in [-0.05, 0) is 36.6 Å². The van der Waals surface area contributed by atoms with Crippen molar-refractivity contribution in [2.24, 2.45) is 0 Å². The largest absolute Gasteiger partial charge is 0.493 e. The van der Waals surface area contributed by atoms with Gasteiger partial charge in [0.15, 0.2) is 11.5 Å². The van der Waals surface area contributed by atoms with E-state index in [4.69, 9.17) is 15.2 Å². The van der Waals surface area contributed by atoms with Crippen LogP contribution >= 0.6 is 0 Å². The van der Waals surface area contributed by atoms with Gasteiger partial charge in [-0.3, -0.25) is 18.7 Å². The molecule has 2 rings (SSSR count). The smallest absolute Gasteiger partial charge is 0.332 e. The van der Waals surface area contributed by atoms with E-state index in [0.717, 1.165) is 4.57 Å². The summed E-state index contributed by atoms with van der Waals surface area (Å²) in [5, 5.41) is 2.52. The molecule has 9 heteroatoms. The van der Waals surface area contributed by atoms with Crippen LogP contribution in [0.2, 0.25) is 0 Å². The van der Waals surface area contributed by atoms with E-state index in [9.17, 15) is 14.4 Å². The average Bonchev–Trinajstić information content (AvgIpc) is 2.75. The van der Waals surface area contributed by atoms with Crippen molar-refractivity contribution in [3.63, 3.8) is 0 Å². The highest BCUT2D eigenvalue weighted by molar-refractivity contribution is 6.03. The Morgan fingerprint density at radius 1 is 1.07 bits per heavy atom. The van der Waals surface area contributed by atoms with E-state index in [2.05, 4.69) is 5.32 Å². The minimum atomic E-state index is -0.612. The van der Waals surface area contributed by atoms with Crippen LogP contribution in [0, 0.1) is 0 Å². The molecule has 1 aromatic heterocycles. The first-order valence-corrected chi connectivity index (χ1v) is 9.72. The number of nitrogens with zero attached hydrogens (tertiary/aromatic N) is 2. The van der Waals surface area contributed by atoms with Crippen LogP contribution in [-0.4, -0.2) is 29.3 Å². The summed E-state index contributed by atoms with van der Waals surface area (Å²) in [5.41, 5.74) is 5.56. The first kappa shape index (κ1) is 22.8. The maximum atomic E-state index is 12.7. The molecule has 1 amide bonds. The van der Waals surface area contributed by atoms with E-state index < -0.39 is 17.2 Å². The molecule has 162 valence electrons. The lowest BCUT2D eigenvalue weighted by Crippen LogP contribution is -2.42. The van der Waals surface area contributed by atoms with Crippen molar-refractivity contribution in [2.75, 3.05) is 25.3 Å². The van der Waals surface area contributed by atoms with Crippen molar-refractivity contribution in [3.8, 4) is 11.5 Å². The molecule has 0 spiro atoms. The minimum absolute atomic E-state index is 0.0490. The number of carbonyl (C=O) groups excluding carboxylic acids is 1. The van der Waals surface area contributed by atoms with E-state index in [1.54, 1.807) is 24.3 Å². The Morgan fingerprint density at radius 2 is 1.70 bits per heavy atom. The summed E-state index contributed by atoms with van der Waals surface area (Å²) in [5.74, 6) is 0.505. The molecule has 1 aromatic carbocycles. The predicted molar refractivity (Wildman–Crippen MR) is 117 cm³/mol. The lowest BCUT2D eigenvalue weighted by molar-refractivity contribution is -0.111. The highest BCUT2D eigenvalue weighted by atomic mass is 16.5. The third-order valence-corrected chi connectivity index (χ3v) is 4.45. The number of benzene rings is 1. The predicted octanol–water partition coefficient (Wildman–Crippen LogP) is 2.08. The molecule has 2 aromatic rings. The van der Waals surface area contributed by atoms with Gasteiger partial charge < -0.3 is 20.5 Å². The Morgan fingerprint density at radius 3 is 2.30 bits per heavy atom. The molecule has 9 nitrogen and oxygen atoms in total. The highest BCUT2D eigenvalue weighted by Crippen LogP contribution is 2.28. The summed E-state index contributed by atoms with van der Waals surface area (Å²) in [6, 6.07) is 5.19. The van der Waals surface area contributed by atoms with Crippen LogP contribution in [-0.2, 0) is 17.9 Å². The molecule has 0 bridgehead atoms. The molecule has 3 N–H and O–H groups in total. The molecule has 0 aliphatic carbocycles. The standard InChI is InChI=1S/C21H28N4O5/c1-5-11-24-19(22)18(20(27)25(12-6-2)21(24)28)23-17(26)10-8-14-7-9-15(29-3)16(13-14)30-4/h7-10,13H,5-6,11-12,22H2,1-4H3,(H,23,26)/b10-8+. The van der Waals surface area contributed by atoms with Crippen LogP contribution in [0.5, 0.6) is 11.5 Å². The highest BCUT2D eigenvalue weighted by Gasteiger charge is 2.17. The van der Waals surface area contributed by atoms with Crippen LogP contribution in [0.15, 0.2) is 33.9 Å². The molecule has 0 aliphatic heterocycles. The molecule has 1 heterocycles. The Kier molecular flexibility index (Phi) is 7.85. The molecule has 0 saturated carbocycles. The fourth-order valence-electron chi connectivity index (χ4n) is 2.99. The minimum Gasteiger partial charge on any atom is -0.493 e. The van der Waals surface area contributed by atoms with E-state index in [1.165, 1.54) is 24.9 Å². The zero-order valence-corrected chi connectivity index (χ0v) is 17.7. The van der Waals surface area contributed by atoms with Gasteiger partial charge in [-0.15, -0.1) is 0 Å². The van der Waals surface area contributed by atoms with Crippen molar-refractivity contribution in [1.82, 2.24) is 9.13 Å². The number of hydrogen-bond acceptors (Lipinski definition) is 6. The maximum Gasteiger partial charge on any atom is 0.332 e. The maximum absolute atomic E-state index is 12.7. The lowest BCUT2D eigenvalue weighted by Gasteiger charge is -2.16. The summed E-state index contributed by atoms with van der Waals surface area (Å²) in [6.45, 7) is 4.34. The van der Waals surface area contributed by atoms with Gasteiger partial charge in [0.25, 0.3) is 5.56 Å². The topological polar surface area (TPSA) is 118 Å². The summed E-state index contributed by atoms with van der Waals surface area (Å²) in [6.07, 6.45) is 4.10. The second-order valence-corrected chi connectivity index (χ2v) is 6.59. The van der Waals surface area contributed by atoms with Crippen LogP contribution in [0.4, 0.5) is 11.5 Å². The number of amides is 1. The van der Waals surface area contributed by atoms with Crippen molar-refractivity contribution < 1.29 is 14.3 Å². The number of nitrogens with two attached hydrogens (primary N) is 1. The number of methoxy groups -OCH3 is 2. The van der Waals surface area contributed by atoms with E-state index in [-0.39, 0.29) is 18.1 Å². The van der Waals surface area contributed by atoms with Gasteiger partial charge in [0, 0.05) is 19.2 Å². The number of aromatic nitrogens is 2. The number of nitrogen functional groups attached to an aromatic ring is 1. The Labute approximate surface area is 174 Å². The van der Waals surface area contributed by atoms with Gasteiger partial charge in [0.05, 0.1) is 14.2 Å². The summed E-state index contributed by atoms with van der Waals surface area (Å²) in [4.78, 5) is 37.7. The monoisotopic (exact) mass is 416 g/mol. The molecule has 0 aliphatic rings. The van der Waals surface area contributed by atoms with Crippen molar-refractivity contribution >= 4 is 23.5 Å². The molecular weight excluding hydrogens is 388 g/mol. The molecule has 0 radical (unpaired) electrons. The van der Waals surface area contributed by atoms with E-state index in [1.807, 2.05) is 13.8 Å². The van der Waals surface area contributed by atoms with Gasteiger partial charge in [-0.2, -0.15) is 0 Å². The van der Waals surface area contributed by atoms with Gasteiger partial charge in [0.2, 0.25) is 5.91 Å². The second-order valence-electron chi connectivity index (χ2n) is 6.59. The number of ether oxygens (including phenoxy) is 2. The summed E-state index contributed by atoms with van der Waals surface area (Å²) in [7, 11) is 3.06. The van der Waals surface area contributed by atoms with Gasteiger partial charge in [-0.1, -0.05) is 19.9 Å². The molecule has 0 unspecified atom stereocenters. The van der Waals surface area contributed by atoms with E-state index >= 15 is 0 Å². The van der Waals surface area contributed by atoms with Crippen molar-refractivity contribution in [2.45, 2.75) is 39.8 Å². The first-order valence-electron chi connectivity index (χ1n) is 9.72. The average molecular weight is 416 g/mol. The third kappa shape index (κ3) is 4.91. The number of carbonyl (C=O) groups is 1.